The summed E-state index contributed by atoms with van der Waals surface area (Å²) >= 11 is 0. The molecule has 1 heteroatoms. The second kappa shape index (κ2) is 5.62. The Morgan fingerprint density at radius 1 is 0.900 bits per heavy atom. The molecule has 0 radical (unpaired) electrons. The SMILES string of the molecule is CCCCC1C(=O)C(c2ccccc2)c2ccccc21. The maximum Gasteiger partial charge on any atom is 0.152 e. The third-order valence-corrected chi connectivity index (χ3v) is 4.29. The topological polar surface area (TPSA) is 17.1 Å². The van der Waals surface area contributed by atoms with Crippen molar-refractivity contribution in [3.8, 4) is 0 Å². The molecule has 0 spiro atoms. The third kappa shape index (κ3) is 2.18. The zero-order chi connectivity index (χ0) is 13.9. The molecule has 0 fully saturated rings. The molecule has 2 atom stereocenters. The van der Waals surface area contributed by atoms with Gasteiger partial charge < -0.3 is 0 Å². The van der Waals surface area contributed by atoms with Crippen LogP contribution in [0.2, 0.25) is 0 Å². The summed E-state index contributed by atoms with van der Waals surface area (Å²) < 4.78 is 0. The van der Waals surface area contributed by atoms with E-state index in [2.05, 4.69) is 37.3 Å². The van der Waals surface area contributed by atoms with E-state index in [9.17, 15) is 4.79 Å². The summed E-state index contributed by atoms with van der Waals surface area (Å²) in [4.78, 5) is 12.9. The van der Waals surface area contributed by atoms with Gasteiger partial charge in [0.1, 0.15) is 0 Å². The van der Waals surface area contributed by atoms with Gasteiger partial charge in [-0.25, -0.2) is 0 Å². The van der Waals surface area contributed by atoms with Crippen LogP contribution in [0.15, 0.2) is 54.6 Å². The molecule has 1 aliphatic rings. The van der Waals surface area contributed by atoms with Crippen LogP contribution >= 0.6 is 0 Å². The normalized spacial score (nSPS) is 20.9. The lowest BCUT2D eigenvalue weighted by Crippen LogP contribution is -2.12. The molecule has 1 nitrogen and oxygen atoms in total. The summed E-state index contributed by atoms with van der Waals surface area (Å²) in [5.41, 5.74) is 3.59. The molecular formula is C19H20O. The van der Waals surface area contributed by atoms with Crippen molar-refractivity contribution in [3.05, 3.63) is 71.3 Å². The van der Waals surface area contributed by atoms with E-state index in [4.69, 9.17) is 0 Å². The van der Waals surface area contributed by atoms with Gasteiger partial charge in [-0.2, -0.15) is 0 Å². The summed E-state index contributed by atoms with van der Waals surface area (Å²) in [5, 5.41) is 0. The van der Waals surface area contributed by atoms with Crippen LogP contribution in [0.4, 0.5) is 0 Å². The summed E-state index contributed by atoms with van der Waals surface area (Å²) in [7, 11) is 0. The fourth-order valence-corrected chi connectivity index (χ4v) is 3.29. The minimum Gasteiger partial charge on any atom is -0.298 e. The van der Waals surface area contributed by atoms with E-state index in [1.165, 1.54) is 11.1 Å². The highest BCUT2D eigenvalue weighted by atomic mass is 16.1. The summed E-state index contributed by atoms with van der Waals surface area (Å²) in [6.07, 6.45) is 3.24. The zero-order valence-electron chi connectivity index (χ0n) is 11.9. The Hall–Kier alpha value is -1.89. The highest BCUT2D eigenvalue weighted by molar-refractivity contribution is 5.99. The third-order valence-electron chi connectivity index (χ3n) is 4.29. The minimum atomic E-state index is -0.0609. The Kier molecular flexibility index (Phi) is 3.68. The molecule has 0 aliphatic heterocycles. The van der Waals surface area contributed by atoms with Crippen molar-refractivity contribution in [2.45, 2.75) is 38.0 Å². The first-order chi connectivity index (χ1) is 9.83. The number of carbonyl (C=O) groups excluding carboxylic acids is 1. The van der Waals surface area contributed by atoms with Crippen molar-refractivity contribution in [2.75, 3.05) is 0 Å². The molecule has 1 aliphatic carbocycles. The Labute approximate surface area is 120 Å². The van der Waals surface area contributed by atoms with E-state index >= 15 is 0 Å². The molecule has 0 saturated heterocycles. The first-order valence-corrected chi connectivity index (χ1v) is 7.50. The van der Waals surface area contributed by atoms with Crippen molar-refractivity contribution in [2.24, 2.45) is 0 Å². The van der Waals surface area contributed by atoms with Crippen molar-refractivity contribution in [1.29, 1.82) is 0 Å². The monoisotopic (exact) mass is 264 g/mol. The lowest BCUT2D eigenvalue weighted by molar-refractivity contribution is -0.120. The van der Waals surface area contributed by atoms with E-state index in [0.29, 0.717) is 5.78 Å². The molecule has 102 valence electrons. The highest BCUT2D eigenvalue weighted by Gasteiger charge is 2.39. The summed E-state index contributed by atoms with van der Waals surface area (Å²) in [5.74, 6) is 0.413. The molecule has 0 amide bonds. The van der Waals surface area contributed by atoms with Gasteiger partial charge in [0.25, 0.3) is 0 Å². The van der Waals surface area contributed by atoms with Crippen molar-refractivity contribution >= 4 is 5.78 Å². The standard InChI is InChI=1S/C19H20O/c1-2-3-11-17-15-12-7-8-13-16(15)18(19(17)20)14-9-5-4-6-10-14/h4-10,12-13,17-18H,2-3,11H2,1H3. The van der Waals surface area contributed by atoms with Crippen LogP contribution in [0.25, 0.3) is 0 Å². The van der Waals surface area contributed by atoms with Gasteiger partial charge in [-0.1, -0.05) is 74.4 Å². The molecule has 20 heavy (non-hydrogen) atoms. The average Bonchev–Trinajstić information content (AvgIpc) is 2.78. The molecule has 0 heterocycles. The van der Waals surface area contributed by atoms with Crippen molar-refractivity contribution in [1.82, 2.24) is 0 Å². The number of hydrogen-bond acceptors (Lipinski definition) is 1. The lowest BCUT2D eigenvalue weighted by Gasteiger charge is -2.11. The second-order valence-electron chi connectivity index (χ2n) is 5.57. The Morgan fingerprint density at radius 2 is 1.55 bits per heavy atom. The van der Waals surface area contributed by atoms with E-state index in [1.807, 2.05) is 24.3 Å². The lowest BCUT2D eigenvalue weighted by atomic mass is 9.90. The minimum absolute atomic E-state index is 0.0609. The van der Waals surface area contributed by atoms with Crippen LogP contribution in [0.3, 0.4) is 0 Å². The first kappa shape index (κ1) is 13.1. The van der Waals surface area contributed by atoms with Crippen molar-refractivity contribution in [3.63, 3.8) is 0 Å². The molecule has 2 aromatic carbocycles. The molecule has 0 saturated carbocycles. The zero-order valence-corrected chi connectivity index (χ0v) is 11.9. The number of fused-ring (bicyclic) bond motifs is 1. The number of benzene rings is 2. The summed E-state index contributed by atoms with van der Waals surface area (Å²) in [6, 6.07) is 18.5. The van der Waals surface area contributed by atoms with Gasteiger partial charge in [0.05, 0.1) is 5.92 Å². The summed E-state index contributed by atoms with van der Waals surface area (Å²) in [6.45, 7) is 2.18. The van der Waals surface area contributed by atoms with Gasteiger partial charge >= 0.3 is 0 Å². The Morgan fingerprint density at radius 3 is 2.25 bits per heavy atom. The number of hydrogen-bond donors (Lipinski definition) is 0. The largest absolute Gasteiger partial charge is 0.298 e. The van der Waals surface area contributed by atoms with Crippen molar-refractivity contribution < 1.29 is 4.79 Å². The molecule has 2 unspecified atom stereocenters. The quantitative estimate of drug-likeness (QED) is 0.784. The predicted molar refractivity (Wildman–Crippen MR) is 82.0 cm³/mol. The van der Waals surface area contributed by atoms with Gasteiger partial charge in [-0.15, -0.1) is 0 Å². The van der Waals surface area contributed by atoms with Crippen LogP contribution in [0.1, 0.15) is 54.7 Å². The molecule has 2 aromatic rings. The number of rotatable bonds is 4. The van der Waals surface area contributed by atoms with Gasteiger partial charge in [-0.3, -0.25) is 4.79 Å². The fraction of sp³-hybridized carbons (Fsp3) is 0.316. The van der Waals surface area contributed by atoms with Gasteiger partial charge in [-0.05, 0) is 23.1 Å². The van der Waals surface area contributed by atoms with Crippen LogP contribution < -0.4 is 0 Å². The number of carbonyl (C=O) groups is 1. The van der Waals surface area contributed by atoms with Gasteiger partial charge in [0.2, 0.25) is 0 Å². The fourth-order valence-electron chi connectivity index (χ4n) is 3.29. The Bertz CT molecular complexity index is 600. The smallest absolute Gasteiger partial charge is 0.152 e. The Balaban J connectivity index is 2.02. The molecule has 0 N–H and O–H groups in total. The van der Waals surface area contributed by atoms with E-state index < -0.39 is 0 Å². The van der Waals surface area contributed by atoms with Crippen LogP contribution in [-0.2, 0) is 4.79 Å². The van der Waals surface area contributed by atoms with Crippen LogP contribution in [0, 0.1) is 0 Å². The van der Waals surface area contributed by atoms with E-state index in [-0.39, 0.29) is 11.8 Å². The molecule has 0 bridgehead atoms. The average molecular weight is 264 g/mol. The van der Waals surface area contributed by atoms with Gasteiger partial charge in [0.15, 0.2) is 5.78 Å². The first-order valence-electron chi connectivity index (χ1n) is 7.50. The number of Topliss-reactive ketones (excluding diaryl/α,β-unsaturated/α-hetero) is 1. The number of unbranched alkanes of at least 4 members (excludes halogenated alkanes) is 1. The van der Waals surface area contributed by atoms with Crippen LogP contribution in [-0.4, -0.2) is 5.78 Å². The maximum absolute atomic E-state index is 12.9. The maximum atomic E-state index is 12.9. The number of ketones is 1. The molecule has 3 rings (SSSR count). The highest BCUT2D eigenvalue weighted by Crippen LogP contribution is 2.44. The molecule has 0 aromatic heterocycles. The van der Waals surface area contributed by atoms with Gasteiger partial charge in [0, 0.05) is 5.92 Å². The predicted octanol–water partition coefficient (Wildman–Crippen LogP) is 4.68. The molecular weight excluding hydrogens is 244 g/mol. The van der Waals surface area contributed by atoms with E-state index in [1.54, 1.807) is 0 Å². The van der Waals surface area contributed by atoms with E-state index in [0.717, 1.165) is 24.8 Å². The second-order valence-corrected chi connectivity index (χ2v) is 5.57. The van der Waals surface area contributed by atoms with Crippen LogP contribution in [0.5, 0.6) is 0 Å².